The maximum Gasteiger partial charge on any atom is 0.329 e. The highest BCUT2D eigenvalue weighted by molar-refractivity contribution is 7.81. The van der Waals surface area contributed by atoms with Crippen LogP contribution in [0.25, 0.3) is 0 Å². The van der Waals surface area contributed by atoms with Gasteiger partial charge in [-0.2, -0.15) is 12.6 Å². The first kappa shape index (κ1) is 11.3. The Kier molecular flexibility index (Phi) is 3.38. The minimum atomic E-state index is -1.18. The van der Waals surface area contributed by atoms with Crippen LogP contribution in [0.5, 0.6) is 0 Å². The average molecular weight is 219 g/mol. The number of nitrogens with zero attached hydrogens (tertiary/aromatic N) is 1. The summed E-state index contributed by atoms with van der Waals surface area (Å²) < 4.78 is 0. The van der Waals surface area contributed by atoms with Crippen molar-refractivity contribution in [3.05, 3.63) is 0 Å². The molecule has 2 N–H and O–H groups in total. The van der Waals surface area contributed by atoms with Crippen LogP contribution in [0, 0.1) is 0 Å². The number of carbonyl (C=O) groups is 2. The second-order valence-corrected chi connectivity index (χ2v) is 4.16. The van der Waals surface area contributed by atoms with Gasteiger partial charge in [0.15, 0.2) is 6.04 Å². The van der Waals surface area contributed by atoms with Gasteiger partial charge in [0.1, 0.15) is 0 Å². The van der Waals surface area contributed by atoms with Gasteiger partial charge >= 0.3 is 5.97 Å². The Morgan fingerprint density at radius 1 is 1.71 bits per heavy atom. The van der Waals surface area contributed by atoms with Crippen LogP contribution < -0.4 is 0 Å². The summed E-state index contributed by atoms with van der Waals surface area (Å²) in [6.07, 6.45) is -0.838. The molecule has 80 valence electrons. The van der Waals surface area contributed by atoms with Crippen molar-refractivity contribution in [1.82, 2.24) is 4.90 Å². The largest absolute Gasteiger partial charge is 0.480 e. The summed E-state index contributed by atoms with van der Waals surface area (Å²) in [5.74, 6) is -1.45. The Hall–Kier alpha value is -0.750. The molecule has 0 aliphatic carbocycles. The van der Waals surface area contributed by atoms with E-state index in [0.29, 0.717) is 0 Å². The van der Waals surface area contributed by atoms with Crippen LogP contribution >= 0.6 is 12.6 Å². The van der Waals surface area contributed by atoms with Crippen LogP contribution in [0.15, 0.2) is 0 Å². The first-order valence-corrected chi connectivity index (χ1v) is 4.83. The van der Waals surface area contributed by atoms with E-state index in [9.17, 15) is 14.7 Å². The number of amides is 1. The van der Waals surface area contributed by atoms with Crippen LogP contribution in [0.1, 0.15) is 13.3 Å². The third kappa shape index (κ3) is 2.19. The molecule has 0 aromatic rings. The highest BCUT2D eigenvalue weighted by Crippen LogP contribution is 2.20. The van der Waals surface area contributed by atoms with Crippen LogP contribution in [-0.4, -0.2) is 50.9 Å². The molecule has 0 spiro atoms. The van der Waals surface area contributed by atoms with Gasteiger partial charge in [0.2, 0.25) is 5.91 Å². The second kappa shape index (κ2) is 4.18. The van der Waals surface area contributed by atoms with Gasteiger partial charge in [-0.1, -0.05) is 0 Å². The fourth-order valence-electron chi connectivity index (χ4n) is 1.58. The summed E-state index contributed by atoms with van der Waals surface area (Å²) in [5, 5.41) is 17.9. The molecule has 1 saturated heterocycles. The molecule has 0 saturated carbocycles. The molecule has 0 aromatic heterocycles. The molecule has 3 atom stereocenters. The van der Waals surface area contributed by atoms with E-state index in [1.165, 1.54) is 11.8 Å². The summed E-state index contributed by atoms with van der Waals surface area (Å²) >= 11 is 4.11. The Labute approximate surface area is 87.1 Å². The smallest absolute Gasteiger partial charge is 0.329 e. The number of carboxylic acids is 1. The van der Waals surface area contributed by atoms with Crippen molar-refractivity contribution in [3.63, 3.8) is 0 Å². The Morgan fingerprint density at radius 2 is 2.29 bits per heavy atom. The van der Waals surface area contributed by atoms with E-state index in [1.807, 2.05) is 0 Å². The molecule has 1 rings (SSSR count). The van der Waals surface area contributed by atoms with Crippen molar-refractivity contribution >= 4 is 24.5 Å². The van der Waals surface area contributed by atoms with Crippen molar-refractivity contribution in [2.45, 2.75) is 30.7 Å². The van der Waals surface area contributed by atoms with Gasteiger partial charge in [-0.05, 0) is 6.92 Å². The number of aliphatic carboxylic acids is 1. The standard InChI is InChI=1S/C8H13NO4S/c1-4(10)7(8(12)13)9-3-5(14)2-6(9)11/h4-5,7,10,14H,2-3H2,1H3,(H,12,13)/t4-,5?,7-/m0/s1. The first-order chi connectivity index (χ1) is 6.43. The van der Waals surface area contributed by atoms with Gasteiger partial charge in [0.25, 0.3) is 0 Å². The SMILES string of the molecule is C[C@H](O)[C@@H](C(=O)O)N1CC(S)CC1=O. The third-order valence-electron chi connectivity index (χ3n) is 2.18. The number of hydrogen-bond donors (Lipinski definition) is 3. The van der Waals surface area contributed by atoms with Crippen LogP contribution in [0.2, 0.25) is 0 Å². The molecule has 1 aliphatic heterocycles. The number of hydrogen-bond acceptors (Lipinski definition) is 4. The van der Waals surface area contributed by atoms with Gasteiger partial charge < -0.3 is 15.1 Å². The summed E-state index contributed by atoms with van der Waals surface area (Å²) in [7, 11) is 0. The third-order valence-corrected chi connectivity index (χ3v) is 2.53. The van der Waals surface area contributed by atoms with Crippen LogP contribution in [0.3, 0.4) is 0 Å². The van der Waals surface area contributed by atoms with E-state index < -0.39 is 18.1 Å². The van der Waals surface area contributed by atoms with Crippen molar-refractivity contribution in [1.29, 1.82) is 0 Å². The number of aliphatic hydroxyl groups excluding tert-OH is 1. The fourth-order valence-corrected chi connectivity index (χ4v) is 1.91. The Balaban J connectivity index is 2.79. The van der Waals surface area contributed by atoms with E-state index in [1.54, 1.807) is 0 Å². The predicted molar refractivity (Wildman–Crippen MR) is 52.2 cm³/mol. The molecule has 1 fully saturated rings. The zero-order valence-corrected chi connectivity index (χ0v) is 8.65. The van der Waals surface area contributed by atoms with Crippen molar-refractivity contribution in [2.24, 2.45) is 0 Å². The zero-order chi connectivity index (χ0) is 10.9. The lowest BCUT2D eigenvalue weighted by atomic mass is 10.1. The highest BCUT2D eigenvalue weighted by Gasteiger charge is 2.38. The van der Waals surface area contributed by atoms with Gasteiger partial charge in [0, 0.05) is 18.2 Å². The Bertz CT molecular complexity index is 256. The molecule has 1 aliphatic rings. The quantitative estimate of drug-likeness (QED) is 0.551. The number of carbonyl (C=O) groups excluding carboxylic acids is 1. The molecule has 0 aromatic carbocycles. The monoisotopic (exact) mass is 219 g/mol. The average Bonchev–Trinajstić information content (AvgIpc) is 2.29. The number of likely N-dealkylation sites (tertiary alicyclic amines) is 1. The molecular weight excluding hydrogens is 206 g/mol. The molecule has 5 nitrogen and oxygen atoms in total. The molecule has 6 heteroatoms. The van der Waals surface area contributed by atoms with E-state index in [0.717, 1.165) is 0 Å². The van der Waals surface area contributed by atoms with Crippen molar-refractivity contribution < 1.29 is 19.8 Å². The topological polar surface area (TPSA) is 77.8 Å². The maximum absolute atomic E-state index is 11.3. The second-order valence-electron chi connectivity index (χ2n) is 3.43. The molecular formula is C8H13NO4S. The lowest BCUT2D eigenvalue weighted by Crippen LogP contribution is -2.48. The number of rotatable bonds is 3. The van der Waals surface area contributed by atoms with E-state index in [2.05, 4.69) is 12.6 Å². The number of aliphatic hydroxyl groups is 1. The summed E-state index contributed by atoms with van der Waals surface area (Å²) in [6, 6.07) is -1.15. The van der Waals surface area contributed by atoms with Gasteiger partial charge in [-0.15, -0.1) is 0 Å². The zero-order valence-electron chi connectivity index (χ0n) is 7.75. The molecule has 0 bridgehead atoms. The molecule has 1 unspecified atom stereocenters. The van der Waals surface area contributed by atoms with E-state index in [4.69, 9.17) is 5.11 Å². The molecule has 14 heavy (non-hydrogen) atoms. The van der Waals surface area contributed by atoms with Crippen LogP contribution in [-0.2, 0) is 9.59 Å². The van der Waals surface area contributed by atoms with E-state index >= 15 is 0 Å². The molecule has 0 radical (unpaired) electrons. The minimum Gasteiger partial charge on any atom is -0.480 e. The number of thiol groups is 1. The minimum absolute atomic E-state index is 0.136. The molecule has 1 heterocycles. The van der Waals surface area contributed by atoms with E-state index in [-0.39, 0.29) is 24.1 Å². The van der Waals surface area contributed by atoms with Gasteiger partial charge in [-0.25, -0.2) is 4.79 Å². The highest BCUT2D eigenvalue weighted by atomic mass is 32.1. The Morgan fingerprint density at radius 3 is 2.57 bits per heavy atom. The molecule has 1 amide bonds. The normalized spacial score (nSPS) is 26.4. The van der Waals surface area contributed by atoms with Crippen molar-refractivity contribution in [3.8, 4) is 0 Å². The van der Waals surface area contributed by atoms with Gasteiger partial charge in [-0.3, -0.25) is 4.79 Å². The lowest BCUT2D eigenvalue weighted by molar-refractivity contribution is -0.152. The first-order valence-electron chi connectivity index (χ1n) is 4.32. The summed E-state index contributed by atoms with van der Waals surface area (Å²) in [4.78, 5) is 23.3. The van der Waals surface area contributed by atoms with Crippen LogP contribution in [0.4, 0.5) is 0 Å². The number of carboxylic acid groups (broad SMARTS) is 1. The summed E-state index contributed by atoms with van der Waals surface area (Å²) in [5.41, 5.74) is 0. The predicted octanol–water partition coefficient (Wildman–Crippen LogP) is -0.649. The fraction of sp³-hybridized carbons (Fsp3) is 0.750. The lowest BCUT2D eigenvalue weighted by Gasteiger charge is -2.26. The van der Waals surface area contributed by atoms with Crippen molar-refractivity contribution in [2.75, 3.05) is 6.54 Å². The summed E-state index contributed by atoms with van der Waals surface area (Å²) in [6.45, 7) is 1.64. The van der Waals surface area contributed by atoms with Gasteiger partial charge in [0.05, 0.1) is 6.10 Å². The maximum atomic E-state index is 11.3.